The molecule has 0 saturated heterocycles. The van der Waals surface area contributed by atoms with Gasteiger partial charge in [-0.1, -0.05) is 12.1 Å². The summed E-state index contributed by atoms with van der Waals surface area (Å²) in [6.45, 7) is 0.331. The molecule has 0 unspecified atom stereocenters. The van der Waals surface area contributed by atoms with Gasteiger partial charge in [0.25, 0.3) is 5.91 Å². The van der Waals surface area contributed by atoms with Gasteiger partial charge in [0.2, 0.25) is 0 Å². The van der Waals surface area contributed by atoms with Crippen LogP contribution >= 0.6 is 11.3 Å². The van der Waals surface area contributed by atoms with Crippen molar-refractivity contribution < 1.29 is 4.79 Å². The maximum Gasteiger partial charge on any atom is 0.275 e. The lowest BCUT2D eigenvalue weighted by molar-refractivity contribution is 0.102. The number of carbonyl (C=O) groups excluding carboxylic acids is 1. The molecule has 2 aromatic heterocycles. The van der Waals surface area contributed by atoms with Crippen LogP contribution < -0.4 is 11.1 Å². The normalized spacial score (nSPS) is 13.9. The smallest absolute Gasteiger partial charge is 0.275 e. The van der Waals surface area contributed by atoms with Crippen LogP contribution in [0, 0.1) is 0 Å². The van der Waals surface area contributed by atoms with Crippen LogP contribution in [0.3, 0.4) is 0 Å². The first-order chi connectivity index (χ1) is 11.7. The van der Waals surface area contributed by atoms with E-state index in [1.807, 2.05) is 28.9 Å². The van der Waals surface area contributed by atoms with Gasteiger partial charge in [-0.2, -0.15) is 0 Å². The fourth-order valence-electron chi connectivity index (χ4n) is 2.39. The maximum atomic E-state index is 12.3. The number of nitrogens with two attached hydrogens (primary N) is 1. The molecule has 0 atom stereocenters. The van der Waals surface area contributed by atoms with E-state index in [1.165, 1.54) is 11.3 Å². The Labute approximate surface area is 141 Å². The predicted molar refractivity (Wildman–Crippen MR) is 89.5 cm³/mol. The number of aromatic nitrogens is 5. The van der Waals surface area contributed by atoms with Crippen molar-refractivity contribution in [2.75, 3.05) is 5.32 Å². The molecular weight excluding hydrogens is 326 g/mol. The van der Waals surface area contributed by atoms with Crippen molar-refractivity contribution in [3.63, 3.8) is 0 Å². The summed E-state index contributed by atoms with van der Waals surface area (Å²) in [7, 11) is 0. The third kappa shape index (κ3) is 2.91. The summed E-state index contributed by atoms with van der Waals surface area (Å²) in [5.74, 6) is 0.456. The van der Waals surface area contributed by atoms with Crippen LogP contribution in [-0.2, 0) is 6.54 Å². The molecule has 24 heavy (non-hydrogen) atoms. The summed E-state index contributed by atoms with van der Waals surface area (Å²) in [5, 5.41) is 17.2. The molecule has 1 aliphatic rings. The average molecular weight is 341 g/mol. The molecule has 3 aromatic rings. The van der Waals surface area contributed by atoms with E-state index in [0.29, 0.717) is 29.8 Å². The first-order valence-electron chi connectivity index (χ1n) is 7.58. The van der Waals surface area contributed by atoms with Crippen molar-refractivity contribution in [3.05, 3.63) is 40.3 Å². The Morgan fingerprint density at radius 1 is 1.42 bits per heavy atom. The minimum Gasteiger partial charge on any atom is -0.325 e. The van der Waals surface area contributed by atoms with Crippen molar-refractivity contribution in [3.8, 4) is 11.4 Å². The Balaban J connectivity index is 1.56. The molecule has 1 amide bonds. The molecule has 4 rings (SSSR count). The van der Waals surface area contributed by atoms with Gasteiger partial charge >= 0.3 is 0 Å². The molecular formula is C15H15N7OS. The van der Waals surface area contributed by atoms with E-state index in [9.17, 15) is 4.79 Å². The largest absolute Gasteiger partial charge is 0.325 e. The van der Waals surface area contributed by atoms with E-state index in [4.69, 9.17) is 5.73 Å². The van der Waals surface area contributed by atoms with Crippen LogP contribution in [0.25, 0.3) is 11.4 Å². The summed E-state index contributed by atoms with van der Waals surface area (Å²) in [5.41, 5.74) is 7.44. The molecule has 0 spiro atoms. The van der Waals surface area contributed by atoms with Gasteiger partial charge in [0, 0.05) is 23.2 Å². The van der Waals surface area contributed by atoms with E-state index in [1.54, 1.807) is 5.38 Å². The van der Waals surface area contributed by atoms with Crippen molar-refractivity contribution in [1.29, 1.82) is 0 Å². The van der Waals surface area contributed by atoms with E-state index in [0.717, 1.165) is 23.4 Å². The first kappa shape index (κ1) is 14.9. The van der Waals surface area contributed by atoms with Crippen LogP contribution in [0.2, 0.25) is 0 Å². The molecule has 9 heteroatoms. The highest BCUT2D eigenvalue weighted by molar-refractivity contribution is 7.09. The van der Waals surface area contributed by atoms with Crippen molar-refractivity contribution in [2.45, 2.75) is 25.4 Å². The van der Waals surface area contributed by atoms with Gasteiger partial charge in [0.1, 0.15) is 10.7 Å². The maximum absolute atomic E-state index is 12.3. The van der Waals surface area contributed by atoms with Gasteiger partial charge in [-0.25, -0.2) is 9.67 Å². The highest BCUT2D eigenvalue weighted by Gasteiger charge is 2.28. The van der Waals surface area contributed by atoms with E-state index >= 15 is 0 Å². The standard InChI is InChI=1S/C15H15N7OS/c16-7-13-18-12(8-24-13)15(23)17-10-3-1-2-9(6-10)14-19-20-21-22(14)11-4-5-11/h1-3,6,8,11H,4-5,7,16H2,(H,17,23). The van der Waals surface area contributed by atoms with Gasteiger partial charge < -0.3 is 11.1 Å². The number of benzene rings is 1. The number of nitrogens with one attached hydrogen (secondary N) is 1. The Bertz CT molecular complexity index is 883. The van der Waals surface area contributed by atoms with Crippen molar-refractivity contribution in [2.24, 2.45) is 5.73 Å². The number of hydrogen-bond acceptors (Lipinski definition) is 7. The Morgan fingerprint density at radius 3 is 3.04 bits per heavy atom. The Kier molecular flexibility index (Phi) is 3.79. The average Bonchev–Trinajstić information content (AvgIpc) is 3.14. The molecule has 0 bridgehead atoms. The molecule has 0 radical (unpaired) electrons. The fourth-order valence-corrected chi connectivity index (χ4v) is 3.04. The molecule has 8 nitrogen and oxygen atoms in total. The molecule has 1 fully saturated rings. The lowest BCUT2D eigenvalue weighted by Crippen LogP contribution is -2.12. The zero-order valence-corrected chi connectivity index (χ0v) is 13.5. The Morgan fingerprint density at radius 2 is 2.29 bits per heavy atom. The van der Waals surface area contributed by atoms with Crippen LogP contribution in [0.4, 0.5) is 5.69 Å². The molecule has 1 saturated carbocycles. The minimum atomic E-state index is -0.259. The third-order valence-electron chi connectivity index (χ3n) is 3.72. The second kappa shape index (κ2) is 6.10. The van der Waals surface area contributed by atoms with Crippen LogP contribution in [0.15, 0.2) is 29.6 Å². The van der Waals surface area contributed by atoms with Gasteiger partial charge in [-0.3, -0.25) is 4.79 Å². The second-order valence-corrected chi connectivity index (χ2v) is 6.49. The number of thiazole rings is 1. The van der Waals surface area contributed by atoms with Crippen LogP contribution in [0.1, 0.15) is 34.4 Å². The topological polar surface area (TPSA) is 112 Å². The highest BCUT2D eigenvalue weighted by Crippen LogP contribution is 2.36. The minimum absolute atomic E-state index is 0.259. The summed E-state index contributed by atoms with van der Waals surface area (Å²) in [6.07, 6.45) is 2.20. The Hall–Kier alpha value is -2.65. The lowest BCUT2D eigenvalue weighted by atomic mass is 10.2. The number of hydrogen-bond donors (Lipinski definition) is 2. The van der Waals surface area contributed by atoms with Gasteiger partial charge in [0.05, 0.1) is 6.04 Å². The zero-order chi connectivity index (χ0) is 16.5. The quantitative estimate of drug-likeness (QED) is 0.732. The van der Waals surface area contributed by atoms with Crippen molar-refractivity contribution in [1.82, 2.24) is 25.2 Å². The van der Waals surface area contributed by atoms with E-state index in [-0.39, 0.29) is 5.91 Å². The zero-order valence-electron chi connectivity index (χ0n) is 12.7. The van der Waals surface area contributed by atoms with E-state index in [2.05, 4.69) is 25.8 Å². The monoisotopic (exact) mass is 341 g/mol. The number of rotatable bonds is 5. The third-order valence-corrected chi connectivity index (χ3v) is 4.59. The molecule has 2 heterocycles. The molecule has 3 N–H and O–H groups in total. The molecule has 1 aliphatic carbocycles. The highest BCUT2D eigenvalue weighted by atomic mass is 32.1. The lowest BCUT2D eigenvalue weighted by Gasteiger charge is -2.06. The number of anilines is 1. The van der Waals surface area contributed by atoms with Crippen LogP contribution in [0.5, 0.6) is 0 Å². The van der Waals surface area contributed by atoms with Crippen LogP contribution in [-0.4, -0.2) is 31.1 Å². The summed E-state index contributed by atoms with van der Waals surface area (Å²) in [4.78, 5) is 16.5. The number of nitrogens with zero attached hydrogens (tertiary/aromatic N) is 5. The van der Waals surface area contributed by atoms with Gasteiger partial charge in [-0.05, 0) is 35.4 Å². The fraction of sp³-hybridized carbons (Fsp3) is 0.267. The SMILES string of the molecule is NCc1nc(C(=O)Nc2cccc(-c3nnnn3C3CC3)c2)cs1. The van der Waals surface area contributed by atoms with Gasteiger partial charge in [0.15, 0.2) is 5.82 Å². The summed E-state index contributed by atoms with van der Waals surface area (Å²) < 4.78 is 1.84. The predicted octanol–water partition coefficient (Wildman–Crippen LogP) is 1.84. The first-order valence-corrected chi connectivity index (χ1v) is 8.46. The molecule has 1 aromatic carbocycles. The number of amides is 1. The van der Waals surface area contributed by atoms with Gasteiger partial charge in [-0.15, -0.1) is 16.4 Å². The number of tetrazole rings is 1. The summed E-state index contributed by atoms with van der Waals surface area (Å²) in [6, 6.07) is 7.86. The van der Waals surface area contributed by atoms with E-state index < -0.39 is 0 Å². The van der Waals surface area contributed by atoms with Crippen molar-refractivity contribution >= 4 is 22.9 Å². The summed E-state index contributed by atoms with van der Waals surface area (Å²) >= 11 is 1.37. The second-order valence-electron chi connectivity index (χ2n) is 5.54. The molecule has 122 valence electrons. The molecule has 0 aliphatic heterocycles. The number of carbonyl (C=O) groups is 1.